The summed E-state index contributed by atoms with van der Waals surface area (Å²) >= 11 is 0. The van der Waals surface area contributed by atoms with Gasteiger partial charge < -0.3 is 10.2 Å². The van der Waals surface area contributed by atoms with Gasteiger partial charge in [-0.1, -0.05) is 38.1 Å². The molecule has 0 aliphatic carbocycles. The molecule has 1 aromatic rings. The third-order valence-electron chi connectivity index (χ3n) is 4.89. The lowest BCUT2D eigenvalue weighted by molar-refractivity contribution is 0.164. The van der Waals surface area contributed by atoms with E-state index in [1.54, 1.807) is 0 Å². The van der Waals surface area contributed by atoms with Crippen LogP contribution in [0.4, 0.5) is 5.69 Å². The topological polar surface area (TPSA) is 15.3 Å². The molecular weight excluding hydrogens is 244 g/mol. The maximum Gasteiger partial charge on any atom is 0.0424 e. The van der Waals surface area contributed by atoms with Gasteiger partial charge in [-0.25, -0.2) is 0 Å². The number of nitrogens with zero attached hydrogens (tertiary/aromatic N) is 1. The molecule has 1 fully saturated rings. The number of fused-ring (bicyclic) bond motifs is 2. The van der Waals surface area contributed by atoms with Crippen LogP contribution in [0.25, 0.3) is 0 Å². The van der Waals surface area contributed by atoms with E-state index in [1.807, 2.05) is 0 Å². The average Bonchev–Trinajstić information content (AvgIpc) is 2.65. The Morgan fingerprint density at radius 3 is 2.65 bits per heavy atom. The lowest BCUT2D eigenvalue weighted by Crippen LogP contribution is -2.43. The van der Waals surface area contributed by atoms with Gasteiger partial charge in [-0.2, -0.15) is 0 Å². The van der Waals surface area contributed by atoms with Gasteiger partial charge in [0.25, 0.3) is 0 Å². The molecule has 1 N–H and O–H groups in total. The first-order valence-electron chi connectivity index (χ1n) is 7.81. The molecule has 2 aliphatic rings. The standard InChI is InChI=1S/C18H26N2/c1-13(2)12-20-9-7-18(8-10-20)15(4)19-17-6-5-14(3)11-16(17)18/h5-6,11,13,19H,4,7-10,12H2,1-3H3. The Morgan fingerprint density at radius 2 is 2.00 bits per heavy atom. The SMILES string of the molecule is C=C1Nc2ccc(C)cc2C12CCN(CC(C)C)CC2. The first-order chi connectivity index (χ1) is 9.51. The Hall–Kier alpha value is -1.28. The number of hydrogen-bond acceptors (Lipinski definition) is 2. The van der Waals surface area contributed by atoms with E-state index >= 15 is 0 Å². The van der Waals surface area contributed by atoms with E-state index in [0.717, 1.165) is 5.92 Å². The maximum absolute atomic E-state index is 4.33. The second-order valence-electron chi connectivity index (χ2n) is 6.93. The summed E-state index contributed by atoms with van der Waals surface area (Å²) in [5.74, 6) is 0.753. The summed E-state index contributed by atoms with van der Waals surface area (Å²) in [5.41, 5.74) is 5.49. The second-order valence-corrected chi connectivity index (χ2v) is 6.93. The van der Waals surface area contributed by atoms with E-state index in [1.165, 1.54) is 55.0 Å². The van der Waals surface area contributed by atoms with Gasteiger partial charge in [0, 0.05) is 23.3 Å². The van der Waals surface area contributed by atoms with Crippen molar-refractivity contribution in [2.45, 2.75) is 39.0 Å². The third kappa shape index (κ3) is 2.16. The number of benzene rings is 1. The van der Waals surface area contributed by atoms with Crippen molar-refractivity contribution in [2.24, 2.45) is 5.92 Å². The maximum atomic E-state index is 4.33. The van der Waals surface area contributed by atoms with Crippen LogP contribution in [0.1, 0.15) is 37.8 Å². The molecule has 2 nitrogen and oxygen atoms in total. The summed E-state index contributed by atoms with van der Waals surface area (Å²) < 4.78 is 0. The van der Waals surface area contributed by atoms with Gasteiger partial charge in [0.2, 0.25) is 0 Å². The van der Waals surface area contributed by atoms with Crippen LogP contribution in [-0.4, -0.2) is 24.5 Å². The zero-order valence-corrected chi connectivity index (χ0v) is 13.0. The molecule has 3 rings (SSSR count). The number of rotatable bonds is 2. The first kappa shape index (κ1) is 13.7. The molecule has 0 amide bonds. The van der Waals surface area contributed by atoms with Crippen LogP contribution in [0.15, 0.2) is 30.5 Å². The molecule has 0 bridgehead atoms. The van der Waals surface area contributed by atoms with E-state index < -0.39 is 0 Å². The third-order valence-corrected chi connectivity index (χ3v) is 4.89. The van der Waals surface area contributed by atoms with E-state index in [9.17, 15) is 0 Å². The molecule has 2 aliphatic heterocycles. The van der Waals surface area contributed by atoms with Gasteiger partial charge in [-0.3, -0.25) is 0 Å². The van der Waals surface area contributed by atoms with Crippen molar-refractivity contribution in [3.8, 4) is 0 Å². The molecule has 2 heteroatoms. The van der Waals surface area contributed by atoms with Gasteiger partial charge >= 0.3 is 0 Å². The minimum Gasteiger partial charge on any atom is -0.358 e. The normalized spacial score (nSPS) is 21.3. The molecule has 0 radical (unpaired) electrons. The number of anilines is 1. The van der Waals surface area contributed by atoms with Gasteiger partial charge in [0.15, 0.2) is 0 Å². The van der Waals surface area contributed by atoms with Crippen molar-refractivity contribution in [2.75, 3.05) is 25.0 Å². The number of hydrogen-bond donors (Lipinski definition) is 1. The van der Waals surface area contributed by atoms with Gasteiger partial charge in [-0.05, 0) is 50.4 Å². The molecule has 2 heterocycles. The summed E-state index contributed by atoms with van der Waals surface area (Å²) in [4.78, 5) is 2.61. The lowest BCUT2D eigenvalue weighted by Gasteiger charge is -2.40. The molecule has 1 spiro atoms. The predicted molar refractivity (Wildman–Crippen MR) is 86.1 cm³/mol. The minimum absolute atomic E-state index is 0.175. The monoisotopic (exact) mass is 270 g/mol. The molecule has 0 atom stereocenters. The molecular formula is C18H26N2. The molecule has 0 aromatic heterocycles. The number of aryl methyl sites for hydroxylation is 1. The van der Waals surface area contributed by atoms with Crippen LogP contribution in [0.3, 0.4) is 0 Å². The van der Waals surface area contributed by atoms with Crippen molar-refractivity contribution >= 4 is 5.69 Å². The van der Waals surface area contributed by atoms with E-state index in [-0.39, 0.29) is 5.41 Å². The zero-order chi connectivity index (χ0) is 14.3. The summed E-state index contributed by atoms with van der Waals surface area (Å²) in [5, 5.41) is 3.53. The lowest BCUT2D eigenvalue weighted by atomic mass is 9.72. The van der Waals surface area contributed by atoms with Crippen molar-refractivity contribution in [1.29, 1.82) is 0 Å². The van der Waals surface area contributed by atoms with Gasteiger partial charge in [0.1, 0.15) is 0 Å². The predicted octanol–water partition coefficient (Wildman–Crippen LogP) is 3.92. The Bertz CT molecular complexity index is 522. The summed E-state index contributed by atoms with van der Waals surface area (Å²) in [7, 11) is 0. The van der Waals surface area contributed by atoms with E-state index in [4.69, 9.17) is 0 Å². The highest BCUT2D eigenvalue weighted by molar-refractivity contribution is 5.68. The van der Waals surface area contributed by atoms with Crippen molar-refractivity contribution < 1.29 is 0 Å². The minimum atomic E-state index is 0.175. The Kier molecular flexibility index (Phi) is 3.37. The van der Waals surface area contributed by atoms with Crippen LogP contribution in [-0.2, 0) is 5.41 Å². The van der Waals surface area contributed by atoms with Crippen LogP contribution in [0.2, 0.25) is 0 Å². The largest absolute Gasteiger partial charge is 0.358 e. The van der Waals surface area contributed by atoms with Gasteiger partial charge in [-0.15, -0.1) is 0 Å². The fourth-order valence-electron chi connectivity index (χ4n) is 3.81. The summed E-state index contributed by atoms with van der Waals surface area (Å²) in [6, 6.07) is 6.76. The molecule has 108 valence electrons. The van der Waals surface area contributed by atoms with Crippen LogP contribution < -0.4 is 5.32 Å². The van der Waals surface area contributed by atoms with E-state index in [2.05, 4.69) is 55.8 Å². The van der Waals surface area contributed by atoms with Gasteiger partial charge in [0.05, 0.1) is 0 Å². The zero-order valence-electron chi connectivity index (χ0n) is 13.0. The highest BCUT2D eigenvalue weighted by atomic mass is 15.1. The van der Waals surface area contributed by atoms with Crippen molar-refractivity contribution in [3.63, 3.8) is 0 Å². The quantitative estimate of drug-likeness (QED) is 0.876. The van der Waals surface area contributed by atoms with Crippen molar-refractivity contribution in [3.05, 3.63) is 41.6 Å². The second kappa shape index (κ2) is 4.92. The Labute approximate surface area is 122 Å². The molecule has 1 aromatic carbocycles. The molecule has 1 saturated heterocycles. The summed E-state index contributed by atoms with van der Waals surface area (Å²) in [6.07, 6.45) is 2.39. The fraction of sp³-hybridized carbons (Fsp3) is 0.556. The molecule has 20 heavy (non-hydrogen) atoms. The van der Waals surface area contributed by atoms with Crippen LogP contribution in [0.5, 0.6) is 0 Å². The van der Waals surface area contributed by atoms with Crippen LogP contribution >= 0.6 is 0 Å². The van der Waals surface area contributed by atoms with Crippen molar-refractivity contribution in [1.82, 2.24) is 4.90 Å². The highest BCUT2D eigenvalue weighted by Crippen LogP contribution is 2.49. The summed E-state index contributed by atoms with van der Waals surface area (Å²) in [6.45, 7) is 14.7. The number of allylic oxidation sites excluding steroid dienone is 1. The Balaban J connectivity index is 1.84. The highest BCUT2D eigenvalue weighted by Gasteiger charge is 2.44. The number of piperidine rings is 1. The molecule has 0 unspecified atom stereocenters. The first-order valence-corrected chi connectivity index (χ1v) is 7.81. The smallest absolute Gasteiger partial charge is 0.0424 e. The fourth-order valence-corrected chi connectivity index (χ4v) is 3.81. The number of likely N-dealkylation sites (tertiary alicyclic amines) is 1. The number of nitrogens with one attached hydrogen (secondary N) is 1. The van der Waals surface area contributed by atoms with Crippen LogP contribution in [0, 0.1) is 12.8 Å². The van der Waals surface area contributed by atoms with E-state index in [0.29, 0.717) is 0 Å². The molecule has 0 saturated carbocycles. The average molecular weight is 270 g/mol. The Morgan fingerprint density at radius 1 is 1.30 bits per heavy atom.